The van der Waals surface area contributed by atoms with E-state index in [1.807, 2.05) is 13.0 Å². The molecule has 0 aliphatic rings. The fraction of sp³-hybridized carbons (Fsp3) is 0.308. The Balaban J connectivity index is 2.95. The van der Waals surface area contributed by atoms with Crippen LogP contribution in [-0.2, 0) is 4.79 Å². The van der Waals surface area contributed by atoms with Gasteiger partial charge in [-0.2, -0.15) is 0 Å². The lowest BCUT2D eigenvalue weighted by Crippen LogP contribution is -1.96. The third kappa shape index (κ3) is 3.12. The Morgan fingerprint density at radius 3 is 2.75 bits per heavy atom. The minimum atomic E-state index is -0.0779. The largest absolute Gasteiger partial charge is 0.507 e. The topological polar surface area (TPSA) is 46.5 Å². The number of hydrogen-bond donors (Lipinski definition) is 1. The van der Waals surface area contributed by atoms with Crippen LogP contribution in [0.25, 0.3) is 5.76 Å². The van der Waals surface area contributed by atoms with Crippen molar-refractivity contribution in [1.29, 1.82) is 0 Å². The number of methoxy groups -OCH3 is 1. The summed E-state index contributed by atoms with van der Waals surface area (Å²) in [6.45, 7) is 1.92. The first-order chi connectivity index (χ1) is 7.69. The van der Waals surface area contributed by atoms with E-state index in [4.69, 9.17) is 4.74 Å². The highest BCUT2D eigenvalue weighted by atomic mass is 16.5. The molecule has 16 heavy (non-hydrogen) atoms. The zero-order chi connectivity index (χ0) is 12.0. The van der Waals surface area contributed by atoms with E-state index in [1.165, 1.54) is 13.2 Å². The molecule has 3 nitrogen and oxygen atoms in total. The Morgan fingerprint density at radius 1 is 1.44 bits per heavy atom. The zero-order valence-corrected chi connectivity index (χ0v) is 9.56. The van der Waals surface area contributed by atoms with Gasteiger partial charge in [0.15, 0.2) is 5.78 Å². The Morgan fingerprint density at radius 2 is 2.12 bits per heavy atom. The summed E-state index contributed by atoms with van der Waals surface area (Å²) >= 11 is 0. The summed E-state index contributed by atoms with van der Waals surface area (Å²) < 4.78 is 5.10. The van der Waals surface area contributed by atoms with Gasteiger partial charge in [0.2, 0.25) is 0 Å². The van der Waals surface area contributed by atoms with Crippen LogP contribution >= 0.6 is 0 Å². The summed E-state index contributed by atoms with van der Waals surface area (Å²) in [6.07, 6.45) is 2.47. The van der Waals surface area contributed by atoms with Crippen LogP contribution in [0, 0.1) is 0 Å². The van der Waals surface area contributed by atoms with Gasteiger partial charge in [0.05, 0.1) is 12.7 Å². The molecule has 0 bridgehead atoms. The number of ketones is 1. The number of para-hydroxylation sites is 1. The molecule has 1 aromatic rings. The standard InChI is InChI=1S/C13H16O3/c1-3-6-10(14)9-12(15)11-7-4-5-8-13(11)16-2/h4-5,7-9,15H,3,6H2,1-2H3/b12-9-. The van der Waals surface area contributed by atoms with E-state index in [0.29, 0.717) is 17.7 Å². The molecule has 1 N–H and O–H groups in total. The molecule has 0 amide bonds. The van der Waals surface area contributed by atoms with Crippen molar-refractivity contribution in [3.05, 3.63) is 35.9 Å². The van der Waals surface area contributed by atoms with Crippen molar-refractivity contribution in [3.63, 3.8) is 0 Å². The van der Waals surface area contributed by atoms with Crippen molar-refractivity contribution < 1.29 is 14.6 Å². The number of aliphatic hydroxyl groups is 1. The molecule has 0 heterocycles. The zero-order valence-electron chi connectivity index (χ0n) is 9.56. The number of hydrogen-bond acceptors (Lipinski definition) is 3. The van der Waals surface area contributed by atoms with Crippen LogP contribution in [0.15, 0.2) is 30.3 Å². The molecule has 0 fully saturated rings. The monoisotopic (exact) mass is 220 g/mol. The van der Waals surface area contributed by atoms with Gasteiger partial charge in [-0.3, -0.25) is 4.79 Å². The van der Waals surface area contributed by atoms with E-state index < -0.39 is 0 Å². The molecule has 0 atom stereocenters. The second-order valence-electron chi connectivity index (χ2n) is 3.45. The van der Waals surface area contributed by atoms with Crippen molar-refractivity contribution in [2.45, 2.75) is 19.8 Å². The fourth-order valence-electron chi connectivity index (χ4n) is 1.41. The van der Waals surface area contributed by atoms with E-state index in [2.05, 4.69) is 0 Å². The molecular formula is C13H16O3. The van der Waals surface area contributed by atoms with Gasteiger partial charge >= 0.3 is 0 Å². The van der Waals surface area contributed by atoms with Crippen LogP contribution in [0.5, 0.6) is 5.75 Å². The quantitative estimate of drug-likeness (QED) is 0.613. The molecule has 0 unspecified atom stereocenters. The van der Waals surface area contributed by atoms with Gasteiger partial charge in [0.25, 0.3) is 0 Å². The highest BCUT2D eigenvalue weighted by Crippen LogP contribution is 2.23. The number of aliphatic hydroxyl groups excluding tert-OH is 1. The summed E-state index contributed by atoms with van der Waals surface area (Å²) in [7, 11) is 1.53. The molecule has 86 valence electrons. The Kier molecular flexibility index (Phi) is 4.58. The SMILES string of the molecule is CCCC(=O)/C=C(\O)c1ccccc1OC. The molecule has 0 saturated carbocycles. The molecular weight excluding hydrogens is 204 g/mol. The molecule has 0 aliphatic carbocycles. The van der Waals surface area contributed by atoms with Gasteiger partial charge < -0.3 is 9.84 Å². The molecule has 1 aromatic carbocycles. The van der Waals surface area contributed by atoms with Gasteiger partial charge in [0, 0.05) is 12.5 Å². The van der Waals surface area contributed by atoms with E-state index in [9.17, 15) is 9.90 Å². The summed E-state index contributed by atoms with van der Waals surface area (Å²) in [5.74, 6) is 0.433. The Labute approximate surface area is 95.4 Å². The van der Waals surface area contributed by atoms with Gasteiger partial charge in [-0.1, -0.05) is 19.1 Å². The lowest BCUT2D eigenvalue weighted by molar-refractivity contribution is -0.114. The minimum absolute atomic E-state index is 0.0455. The predicted molar refractivity (Wildman–Crippen MR) is 63.5 cm³/mol. The Hall–Kier alpha value is -1.77. The van der Waals surface area contributed by atoms with Gasteiger partial charge in [-0.05, 0) is 18.6 Å². The number of carbonyl (C=O) groups excluding carboxylic acids is 1. The van der Waals surface area contributed by atoms with Crippen molar-refractivity contribution in [1.82, 2.24) is 0 Å². The smallest absolute Gasteiger partial charge is 0.159 e. The minimum Gasteiger partial charge on any atom is -0.507 e. The van der Waals surface area contributed by atoms with E-state index in [-0.39, 0.29) is 11.5 Å². The normalized spacial score (nSPS) is 11.2. The molecule has 0 aliphatic heterocycles. The molecule has 0 saturated heterocycles. The maximum Gasteiger partial charge on any atom is 0.159 e. The third-order valence-corrected chi connectivity index (χ3v) is 2.18. The lowest BCUT2D eigenvalue weighted by atomic mass is 10.1. The first kappa shape index (κ1) is 12.3. The second-order valence-corrected chi connectivity index (χ2v) is 3.45. The number of carbonyl (C=O) groups is 1. The van der Waals surface area contributed by atoms with Crippen LogP contribution in [0.3, 0.4) is 0 Å². The van der Waals surface area contributed by atoms with E-state index in [1.54, 1.807) is 18.2 Å². The number of rotatable bonds is 5. The van der Waals surface area contributed by atoms with E-state index >= 15 is 0 Å². The van der Waals surface area contributed by atoms with Crippen LogP contribution < -0.4 is 4.74 Å². The average molecular weight is 220 g/mol. The molecule has 3 heteroatoms. The predicted octanol–water partition coefficient (Wildman–Crippen LogP) is 2.96. The van der Waals surface area contributed by atoms with Crippen LogP contribution in [0.4, 0.5) is 0 Å². The van der Waals surface area contributed by atoms with Crippen molar-refractivity contribution in [2.24, 2.45) is 0 Å². The van der Waals surface area contributed by atoms with Crippen LogP contribution in [-0.4, -0.2) is 18.0 Å². The highest BCUT2D eigenvalue weighted by molar-refractivity contribution is 5.95. The van der Waals surface area contributed by atoms with Crippen LogP contribution in [0.2, 0.25) is 0 Å². The molecule has 0 radical (unpaired) electrons. The summed E-state index contributed by atoms with van der Waals surface area (Å²) in [5, 5.41) is 9.79. The maximum atomic E-state index is 11.3. The molecule has 0 spiro atoms. The van der Waals surface area contributed by atoms with Crippen molar-refractivity contribution >= 4 is 11.5 Å². The fourth-order valence-corrected chi connectivity index (χ4v) is 1.41. The second kappa shape index (κ2) is 5.95. The Bertz CT molecular complexity index is 394. The first-order valence-electron chi connectivity index (χ1n) is 5.26. The summed E-state index contributed by atoms with van der Waals surface area (Å²) in [6, 6.07) is 7.04. The van der Waals surface area contributed by atoms with Gasteiger partial charge in [-0.25, -0.2) is 0 Å². The summed E-state index contributed by atoms with van der Waals surface area (Å²) in [5.41, 5.74) is 0.537. The number of ether oxygens (including phenoxy) is 1. The van der Waals surface area contributed by atoms with Crippen LogP contribution in [0.1, 0.15) is 25.3 Å². The maximum absolute atomic E-state index is 11.3. The van der Waals surface area contributed by atoms with Gasteiger partial charge in [-0.15, -0.1) is 0 Å². The summed E-state index contributed by atoms with van der Waals surface area (Å²) in [4.78, 5) is 11.3. The lowest BCUT2D eigenvalue weighted by Gasteiger charge is -2.06. The first-order valence-corrected chi connectivity index (χ1v) is 5.26. The number of benzene rings is 1. The average Bonchev–Trinajstić information content (AvgIpc) is 2.29. The van der Waals surface area contributed by atoms with Crippen molar-refractivity contribution in [2.75, 3.05) is 7.11 Å². The van der Waals surface area contributed by atoms with Gasteiger partial charge in [0.1, 0.15) is 11.5 Å². The third-order valence-electron chi connectivity index (χ3n) is 2.18. The molecule has 1 rings (SSSR count). The van der Waals surface area contributed by atoms with E-state index in [0.717, 1.165) is 6.42 Å². The number of allylic oxidation sites excluding steroid dienone is 1. The van der Waals surface area contributed by atoms with Crippen molar-refractivity contribution in [3.8, 4) is 5.75 Å². The highest BCUT2D eigenvalue weighted by Gasteiger charge is 2.07. The molecule has 0 aromatic heterocycles.